The van der Waals surface area contributed by atoms with E-state index in [2.05, 4.69) is 32.7 Å². The molecule has 0 aliphatic carbocycles. The second kappa shape index (κ2) is 5.14. The molecule has 0 spiro atoms. The van der Waals surface area contributed by atoms with Gasteiger partial charge in [0.2, 0.25) is 0 Å². The molecule has 0 amide bonds. The van der Waals surface area contributed by atoms with Gasteiger partial charge in [0, 0.05) is 31.2 Å². The van der Waals surface area contributed by atoms with Crippen LogP contribution in [0.5, 0.6) is 5.75 Å². The lowest BCUT2D eigenvalue weighted by molar-refractivity contribution is 0.412. The van der Waals surface area contributed by atoms with Gasteiger partial charge in [0.25, 0.3) is 0 Å². The van der Waals surface area contributed by atoms with Crippen molar-refractivity contribution < 1.29 is 5.11 Å². The maximum Gasteiger partial charge on any atom is 0.172 e. The molecule has 1 saturated heterocycles. The van der Waals surface area contributed by atoms with Crippen LogP contribution in [0.3, 0.4) is 0 Å². The van der Waals surface area contributed by atoms with Gasteiger partial charge in [-0.2, -0.15) is 0 Å². The lowest BCUT2D eigenvalue weighted by Crippen LogP contribution is -2.59. The normalized spacial score (nSPS) is 23.4. The van der Waals surface area contributed by atoms with Gasteiger partial charge in [0.1, 0.15) is 5.75 Å². The number of fused-ring (bicyclic) bond motifs is 3. The third-order valence-electron chi connectivity index (χ3n) is 4.38. The topological polar surface area (TPSA) is 73.3 Å². The highest BCUT2D eigenvalue weighted by Crippen LogP contribution is 2.35. The molecule has 0 saturated carbocycles. The number of anilines is 2. The zero-order valence-corrected chi connectivity index (χ0v) is 12.5. The number of hydrogen-bond acceptors (Lipinski definition) is 6. The third-order valence-corrected chi connectivity index (χ3v) is 4.38. The summed E-state index contributed by atoms with van der Waals surface area (Å²) in [7, 11) is 0. The number of benzene rings is 1. The van der Waals surface area contributed by atoms with Gasteiger partial charge in [-0.1, -0.05) is 12.1 Å². The molecule has 3 N–H and O–H groups in total. The maximum absolute atomic E-state index is 10.0. The van der Waals surface area contributed by atoms with Gasteiger partial charge in [0.05, 0.1) is 17.4 Å². The van der Waals surface area contributed by atoms with Crippen LogP contribution in [-0.2, 0) is 0 Å². The monoisotopic (exact) mass is 297 g/mol. The summed E-state index contributed by atoms with van der Waals surface area (Å²) in [5.74, 6) is 1.05. The molecule has 2 aliphatic rings. The van der Waals surface area contributed by atoms with E-state index in [1.54, 1.807) is 12.1 Å². The Morgan fingerprint density at radius 3 is 2.95 bits per heavy atom. The van der Waals surface area contributed by atoms with E-state index in [0.717, 1.165) is 31.1 Å². The van der Waals surface area contributed by atoms with Gasteiger partial charge in [-0.15, -0.1) is 10.2 Å². The number of hydrogen-bond donors (Lipinski definition) is 3. The van der Waals surface area contributed by atoms with Gasteiger partial charge in [0.15, 0.2) is 5.82 Å². The van der Waals surface area contributed by atoms with Crippen LogP contribution < -0.4 is 15.5 Å². The van der Waals surface area contributed by atoms with E-state index in [4.69, 9.17) is 0 Å². The molecule has 0 radical (unpaired) electrons. The number of para-hydroxylation sites is 1. The Balaban J connectivity index is 1.77. The van der Waals surface area contributed by atoms with Crippen LogP contribution in [0, 0.1) is 0 Å². The lowest BCUT2D eigenvalue weighted by Gasteiger charge is -2.44. The Morgan fingerprint density at radius 2 is 2.09 bits per heavy atom. The Kier molecular flexibility index (Phi) is 3.11. The zero-order valence-electron chi connectivity index (χ0n) is 12.5. The summed E-state index contributed by atoms with van der Waals surface area (Å²) in [5, 5.41) is 25.5. The summed E-state index contributed by atoms with van der Waals surface area (Å²) >= 11 is 0. The van der Waals surface area contributed by atoms with Gasteiger partial charge >= 0.3 is 0 Å². The van der Waals surface area contributed by atoms with Crippen LogP contribution in [0.4, 0.5) is 11.5 Å². The molecule has 2 aromatic rings. The smallest absolute Gasteiger partial charge is 0.172 e. The molecule has 6 heteroatoms. The van der Waals surface area contributed by atoms with Crippen LogP contribution >= 0.6 is 0 Å². The zero-order chi connectivity index (χ0) is 15.1. The van der Waals surface area contributed by atoms with E-state index < -0.39 is 0 Å². The fourth-order valence-corrected chi connectivity index (χ4v) is 3.20. The average Bonchev–Trinajstić information content (AvgIpc) is 2.55. The van der Waals surface area contributed by atoms with Crippen LogP contribution in [0.1, 0.15) is 6.92 Å². The first-order valence-corrected chi connectivity index (χ1v) is 7.62. The Labute approximate surface area is 129 Å². The van der Waals surface area contributed by atoms with Crippen LogP contribution in [0.15, 0.2) is 30.3 Å². The standard InChI is InChI=1S/C16H19N5O/c1-10-9-21-11(7-17-10)8-18-16-14(21)6-13(19-20-16)12-4-2-3-5-15(12)22/h2-6,10-11,17,22H,7-9H2,1H3,(H,18,20). The quantitative estimate of drug-likeness (QED) is 0.740. The summed E-state index contributed by atoms with van der Waals surface area (Å²) in [6.45, 7) is 4.97. The highest BCUT2D eigenvalue weighted by atomic mass is 16.3. The molecule has 1 aromatic heterocycles. The van der Waals surface area contributed by atoms with Crippen molar-refractivity contribution in [2.75, 3.05) is 29.9 Å². The van der Waals surface area contributed by atoms with Crippen molar-refractivity contribution in [1.29, 1.82) is 0 Å². The second-order valence-corrected chi connectivity index (χ2v) is 5.98. The van der Waals surface area contributed by atoms with E-state index in [0.29, 0.717) is 23.3 Å². The minimum atomic E-state index is 0.228. The molecule has 2 atom stereocenters. The number of piperazine rings is 1. The largest absolute Gasteiger partial charge is 0.507 e. The average molecular weight is 297 g/mol. The van der Waals surface area contributed by atoms with E-state index in [1.165, 1.54) is 0 Å². The first-order valence-electron chi connectivity index (χ1n) is 7.62. The molecule has 22 heavy (non-hydrogen) atoms. The van der Waals surface area contributed by atoms with Crippen molar-refractivity contribution in [3.63, 3.8) is 0 Å². The molecule has 114 valence electrons. The third kappa shape index (κ3) is 2.16. The molecule has 4 rings (SSSR count). The number of nitrogens with one attached hydrogen (secondary N) is 2. The van der Waals surface area contributed by atoms with Gasteiger partial charge in [-0.25, -0.2) is 0 Å². The molecule has 6 nitrogen and oxygen atoms in total. The van der Waals surface area contributed by atoms with Gasteiger partial charge in [-0.05, 0) is 25.1 Å². The summed E-state index contributed by atoms with van der Waals surface area (Å²) in [6, 6.07) is 10.1. The highest BCUT2D eigenvalue weighted by Gasteiger charge is 2.32. The number of phenols is 1. The molecule has 1 aromatic carbocycles. The summed E-state index contributed by atoms with van der Waals surface area (Å²) in [5.41, 5.74) is 2.48. The molecule has 2 unspecified atom stereocenters. The van der Waals surface area contributed by atoms with E-state index in [9.17, 15) is 5.11 Å². The van der Waals surface area contributed by atoms with Crippen LogP contribution in [0.2, 0.25) is 0 Å². The van der Waals surface area contributed by atoms with Crippen molar-refractivity contribution >= 4 is 11.5 Å². The fraction of sp³-hybridized carbons (Fsp3) is 0.375. The Bertz CT molecular complexity index is 705. The summed E-state index contributed by atoms with van der Waals surface area (Å²) in [4.78, 5) is 2.39. The van der Waals surface area contributed by atoms with E-state index in [-0.39, 0.29) is 5.75 Å². The molecule has 1 fully saturated rings. The SMILES string of the molecule is CC1CN2c3cc(-c4ccccc4O)nnc3NCC2CN1. The van der Waals surface area contributed by atoms with Crippen molar-refractivity contribution in [2.24, 2.45) is 0 Å². The van der Waals surface area contributed by atoms with Crippen LogP contribution in [-0.4, -0.2) is 47.0 Å². The Hall–Kier alpha value is -2.34. The van der Waals surface area contributed by atoms with Crippen LogP contribution in [0.25, 0.3) is 11.3 Å². The molecular formula is C16H19N5O. The summed E-state index contributed by atoms with van der Waals surface area (Å²) in [6.07, 6.45) is 0. The maximum atomic E-state index is 10.0. The van der Waals surface area contributed by atoms with Crippen molar-refractivity contribution in [2.45, 2.75) is 19.0 Å². The summed E-state index contributed by atoms with van der Waals surface area (Å²) < 4.78 is 0. The predicted octanol–water partition coefficient (Wildman–Crippen LogP) is 1.44. The minimum absolute atomic E-state index is 0.228. The first-order chi connectivity index (χ1) is 10.7. The lowest BCUT2D eigenvalue weighted by atomic mass is 10.0. The van der Waals surface area contributed by atoms with Gasteiger partial charge < -0.3 is 20.6 Å². The molecule has 2 aliphatic heterocycles. The number of aromatic hydroxyl groups is 1. The molecule has 3 heterocycles. The number of rotatable bonds is 1. The first kappa shape index (κ1) is 13.3. The van der Waals surface area contributed by atoms with Gasteiger partial charge in [-0.3, -0.25) is 0 Å². The minimum Gasteiger partial charge on any atom is -0.507 e. The number of nitrogens with zero attached hydrogens (tertiary/aromatic N) is 3. The highest BCUT2D eigenvalue weighted by molar-refractivity contribution is 5.76. The molecule has 0 bridgehead atoms. The Morgan fingerprint density at radius 1 is 1.23 bits per heavy atom. The second-order valence-electron chi connectivity index (χ2n) is 5.98. The number of aromatic nitrogens is 2. The fourth-order valence-electron chi connectivity index (χ4n) is 3.20. The predicted molar refractivity (Wildman–Crippen MR) is 86.2 cm³/mol. The van der Waals surface area contributed by atoms with E-state index >= 15 is 0 Å². The van der Waals surface area contributed by atoms with Crippen molar-refractivity contribution in [1.82, 2.24) is 15.5 Å². The van der Waals surface area contributed by atoms with Crippen molar-refractivity contribution in [3.8, 4) is 17.0 Å². The number of phenolic OH excluding ortho intramolecular Hbond substituents is 1. The van der Waals surface area contributed by atoms with E-state index in [1.807, 2.05) is 18.2 Å². The molecular weight excluding hydrogens is 278 g/mol. The van der Waals surface area contributed by atoms with Crippen molar-refractivity contribution in [3.05, 3.63) is 30.3 Å².